The van der Waals surface area contributed by atoms with Crippen molar-refractivity contribution in [2.45, 2.75) is 4.90 Å². The van der Waals surface area contributed by atoms with Gasteiger partial charge >= 0.3 is 5.97 Å². The van der Waals surface area contributed by atoms with Gasteiger partial charge in [0.1, 0.15) is 11.6 Å². The third kappa shape index (κ3) is 5.08. The molecule has 9 nitrogen and oxygen atoms in total. The quantitative estimate of drug-likeness (QED) is 0.622. The molecule has 0 spiro atoms. The highest BCUT2D eigenvalue weighted by Crippen LogP contribution is 2.30. The summed E-state index contributed by atoms with van der Waals surface area (Å²) in [5.41, 5.74) is -0.673. The molecule has 12 heteroatoms. The van der Waals surface area contributed by atoms with Crippen LogP contribution >= 0.6 is 0 Å². The molecule has 0 aromatic heterocycles. The van der Waals surface area contributed by atoms with Crippen molar-refractivity contribution in [2.24, 2.45) is 0 Å². The van der Waals surface area contributed by atoms with Crippen LogP contribution in [0.25, 0.3) is 0 Å². The van der Waals surface area contributed by atoms with Gasteiger partial charge in [0.05, 0.1) is 35.2 Å². The first-order valence-electron chi connectivity index (χ1n) is 7.14. The fourth-order valence-corrected chi connectivity index (χ4v) is 3.73. The molecule has 2 aromatic rings. The third-order valence-electron chi connectivity index (χ3n) is 3.23. The van der Waals surface area contributed by atoms with E-state index >= 15 is 0 Å². The minimum Gasteiger partial charge on any atom is -0.494 e. The second-order valence-corrected chi connectivity index (χ2v) is 8.77. The van der Waals surface area contributed by atoms with Crippen LogP contribution in [0.1, 0.15) is 10.4 Å². The van der Waals surface area contributed by atoms with Crippen LogP contribution in [0.3, 0.4) is 0 Å². The lowest BCUT2D eigenvalue weighted by atomic mass is 10.2. The maximum Gasteiger partial charge on any atom is 0.338 e. The normalized spacial score (nSPS) is 11.7. The summed E-state index contributed by atoms with van der Waals surface area (Å²) in [6.07, 6.45) is 0.942. The van der Waals surface area contributed by atoms with Crippen molar-refractivity contribution >= 4 is 37.4 Å². The van der Waals surface area contributed by atoms with Gasteiger partial charge in [-0.15, -0.1) is 0 Å². The molecule has 0 aliphatic carbocycles. The highest BCUT2D eigenvalue weighted by molar-refractivity contribution is 7.92. The third-order valence-corrected chi connectivity index (χ3v) is 5.20. The predicted octanol–water partition coefficient (Wildman–Crippen LogP) is 1.70. The maximum atomic E-state index is 13.4. The lowest BCUT2D eigenvalue weighted by molar-refractivity contribution is 0.0691. The molecule has 0 aliphatic heterocycles. The van der Waals surface area contributed by atoms with E-state index in [2.05, 4.69) is 9.44 Å². The second kappa shape index (κ2) is 7.40. The van der Waals surface area contributed by atoms with Crippen LogP contribution in [-0.2, 0) is 20.0 Å². The first-order chi connectivity index (χ1) is 12.4. The fourth-order valence-electron chi connectivity index (χ4n) is 2.09. The van der Waals surface area contributed by atoms with Crippen molar-refractivity contribution in [2.75, 3.05) is 22.8 Å². The first kappa shape index (κ1) is 20.5. The summed E-state index contributed by atoms with van der Waals surface area (Å²) in [6.45, 7) is 0. The fraction of sp³-hybridized carbons (Fsp3) is 0.133. The molecule has 0 saturated heterocycles. The van der Waals surface area contributed by atoms with E-state index in [0.717, 1.165) is 18.4 Å². The van der Waals surface area contributed by atoms with Gasteiger partial charge in [0, 0.05) is 6.07 Å². The molecule has 2 aromatic carbocycles. The van der Waals surface area contributed by atoms with E-state index in [9.17, 15) is 26.0 Å². The molecule has 0 bridgehead atoms. The number of carbonyl (C=O) groups is 1. The first-order valence-corrected chi connectivity index (χ1v) is 10.5. The minimum atomic E-state index is -4.23. The van der Waals surface area contributed by atoms with Crippen molar-refractivity contribution in [3.8, 4) is 5.75 Å². The topological polar surface area (TPSA) is 139 Å². The molecular formula is C15H15FN2O7S2. The van der Waals surface area contributed by atoms with Crippen LogP contribution in [0.2, 0.25) is 0 Å². The van der Waals surface area contributed by atoms with Gasteiger partial charge in [-0.2, -0.15) is 0 Å². The molecule has 0 atom stereocenters. The maximum absolute atomic E-state index is 13.4. The molecule has 3 N–H and O–H groups in total. The Morgan fingerprint density at radius 2 is 1.74 bits per heavy atom. The van der Waals surface area contributed by atoms with Crippen molar-refractivity contribution in [1.82, 2.24) is 0 Å². The van der Waals surface area contributed by atoms with Gasteiger partial charge in [-0.3, -0.25) is 9.44 Å². The van der Waals surface area contributed by atoms with E-state index in [4.69, 9.17) is 9.84 Å². The number of hydrogen-bond donors (Lipinski definition) is 3. The zero-order valence-corrected chi connectivity index (χ0v) is 15.7. The molecule has 0 aliphatic rings. The Balaban J connectivity index is 2.38. The van der Waals surface area contributed by atoms with Crippen LogP contribution in [0.15, 0.2) is 41.3 Å². The number of ether oxygens (including phenoxy) is 1. The largest absolute Gasteiger partial charge is 0.494 e. The molecule has 0 fully saturated rings. The predicted molar refractivity (Wildman–Crippen MR) is 95.6 cm³/mol. The molecule has 0 unspecified atom stereocenters. The lowest BCUT2D eigenvalue weighted by Gasteiger charge is -2.13. The molecule has 146 valence electrons. The monoisotopic (exact) mass is 418 g/mol. The molecule has 0 heterocycles. The van der Waals surface area contributed by atoms with E-state index < -0.39 is 42.3 Å². The highest BCUT2D eigenvalue weighted by atomic mass is 32.2. The summed E-state index contributed by atoms with van der Waals surface area (Å²) in [6, 6.07) is 6.13. The zero-order chi connectivity index (χ0) is 20.4. The average molecular weight is 418 g/mol. The van der Waals surface area contributed by atoms with Gasteiger partial charge in [0.25, 0.3) is 10.0 Å². The molecule has 0 radical (unpaired) electrons. The van der Waals surface area contributed by atoms with E-state index in [0.29, 0.717) is 6.07 Å². The molecule has 0 amide bonds. The smallest absolute Gasteiger partial charge is 0.338 e. The number of benzene rings is 2. The number of anilines is 2. The van der Waals surface area contributed by atoms with Gasteiger partial charge in [-0.25, -0.2) is 26.0 Å². The standard InChI is InChI=1S/C15H15FN2O7S2/c1-25-14-7-9(3-6-13(14)18-26(2,21)22)17-27(23,24)10-4-5-12(16)11(8-10)15(19)20/h3-8,17-18H,1-2H3,(H,19,20). The van der Waals surface area contributed by atoms with Crippen LogP contribution in [0.5, 0.6) is 5.75 Å². The Hall–Kier alpha value is -2.86. The Labute approximate surface area is 154 Å². The Morgan fingerprint density at radius 1 is 1.07 bits per heavy atom. The number of halogens is 1. The highest BCUT2D eigenvalue weighted by Gasteiger charge is 2.20. The number of carboxylic acid groups (broad SMARTS) is 1. The number of hydrogen-bond acceptors (Lipinski definition) is 6. The molecule has 2 rings (SSSR count). The Bertz CT molecular complexity index is 1100. The van der Waals surface area contributed by atoms with E-state index in [1.54, 1.807) is 0 Å². The number of sulfonamides is 2. The lowest BCUT2D eigenvalue weighted by Crippen LogP contribution is -2.15. The van der Waals surface area contributed by atoms with Gasteiger partial charge < -0.3 is 9.84 Å². The summed E-state index contributed by atoms with van der Waals surface area (Å²) in [5.74, 6) is -2.63. The summed E-state index contributed by atoms with van der Waals surface area (Å²) in [4.78, 5) is 10.5. The second-order valence-electron chi connectivity index (χ2n) is 5.34. The van der Waals surface area contributed by atoms with Gasteiger partial charge in [-0.1, -0.05) is 0 Å². The number of nitrogens with one attached hydrogen (secondary N) is 2. The molecule has 27 heavy (non-hydrogen) atoms. The van der Waals surface area contributed by atoms with E-state index in [1.807, 2.05) is 0 Å². The summed E-state index contributed by atoms with van der Waals surface area (Å²) in [7, 11) is -6.55. The van der Waals surface area contributed by atoms with Crippen molar-refractivity contribution in [1.29, 1.82) is 0 Å². The summed E-state index contributed by atoms with van der Waals surface area (Å²) in [5, 5.41) is 8.91. The van der Waals surface area contributed by atoms with Crippen molar-refractivity contribution in [3.05, 3.63) is 47.8 Å². The van der Waals surface area contributed by atoms with Crippen molar-refractivity contribution < 1.29 is 35.9 Å². The number of methoxy groups -OCH3 is 1. The molecule has 0 saturated carbocycles. The SMILES string of the molecule is COc1cc(NS(=O)(=O)c2ccc(F)c(C(=O)O)c2)ccc1NS(C)(=O)=O. The van der Waals surface area contributed by atoms with E-state index in [-0.39, 0.29) is 17.1 Å². The molecular weight excluding hydrogens is 403 g/mol. The minimum absolute atomic E-state index is 0.0205. The van der Waals surface area contributed by atoms with Crippen LogP contribution in [-0.4, -0.2) is 41.3 Å². The van der Waals surface area contributed by atoms with E-state index in [1.165, 1.54) is 25.3 Å². The van der Waals surface area contributed by atoms with Gasteiger partial charge in [0.2, 0.25) is 10.0 Å². The number of rotatable bonds is 7. The average Bonchev–Trinajstić information content (AvgIpc) is 2.54. The summed E-state index contributed by atoms with van der Waals surface area (Å²) >= 11 is 0. The summed E-state index contributed by atoms with van der Waals surface area (Å²) < 4.78 is 70.4. The van der Waals surface area contributed by atoms with Crippen molar-refractivity contribution in [3.63, 3.8) is 0 Å². The number of aromatic carboxylic acids is 1. The van der Waals surface area contributed by atoms with Gasteiger partial charge in [-0.05, 0) is 30.3 Å². The van der Waals surface area contributed by atoms with Crippen LogP contribution in [0.4, 0.5) is 15.8 Å². The zero-order valence-electron chi connectivity index (χ0n) is 14.1. The number of carboxylic acids is 1. The Morgan fingerprint density at radius 3 is 2.30 bits per heavy atom. The Kier molecular flexibility index (Phi) is 5.61. The van der Waals surface area contributed by atoms with Gasteiger partial charge in [0.15, 0.2) is 0 Å². The van der Waals surface area contributed by atoms with Crippen LogP contribution < -0.4 is 14.2 Å². The van der Waals surface area contributed by atoms with Crippen LogP contribution in [0, 0.1) is 5.82 Å².